The third kappa shape index (κ3) is 1.40. The average Bonchev–Trinajstić information content (AvgIpc) is 2.32. The van der Waals surface area contributed by atoms with Crippen LogP contribution in [0.3, 0.4) is 0 Å². The Bertz CT molecular complexity index is 186. The Kier molecular flexibility index (Phi) is 2.57. The largest absolute Gasteiger partial charge is 0.392 e. The standard InChI is InChI=1S/C10H18O2/c1-7(2)9(12)10(3)6-4-5-8(10)11/h7,9,12H,4-6H2,1-3H3/t9-,10+/m0/s1. The van der Waals surface area contributed by atoms with Crippen molar-refractivity contribution in [3.05, 3.63) is 0 Å². The van der Waals surface area contributed by atoms with Crippen LogP contribution in [0.15, 0.2) is 0 Å². The molecular formula is C10H18O2. The first-order chi connectivity index (χ1) is 5.48. The molecule has 1 aliphatic carbocycles. The van der Waals surface area contributed by atoms with Crippen LogP contribution >= 0.6 is 0 Å². The first-order valence-corrected chi connectivity index (χ1v) is 4.70. The molecule has 0 aromatic heterocycles. The van der Waals surface area contributed by atoms with Crippen molar-refractivity contribution in [2.24, 2.45) is 11.3 Å². The molecule has 0 unspecified atom stereocenters. The second-order valence-corrected chi connectivity index (χ2v) is 4.38. The Balaban J connectivity index is 2.76. The quantitative estimate of drug-likeness (QED) is 0.685. The SMILES string of the molecule is CC(C)[C@H](O)[C@]1(C)CCCC1=O. The number of carbonyl (C=O) groups excluding carboxylic acids is 1. The number of rotatable bonds is 2. The van der Waals surface area contributed by atoms with Gasteiger partial charge in [0.15, 0.2) is 0 Å². The molecule has 0 radical (unpaired) electrons. The minimum atomic E-state index is -0.465. The van der Waals surface area contributed by atoms with Crippen molar-refractivity contribution in [2.45, 2.75) is 46.1 Å². The summed E-state index contributed by atoms with van der Waals surface area (Å²) in [5.74, 6) is 0.417. The van der Waals surface area contributed by atoms with Gasteiger partial charge in [-0.15, -0.1) is 0 Å². The molecular weight excluding hydrogens is 152 g/mol. The Hall–Kier alpha value is -0.370. The number of ketones is 1. The zero-order valence-electron chi connectivity index (χ0n) is 8.13. The van der Waals surface area contributed by atoms with Crippen molar-refractivity contribution in [2.75, 3.05) is 0 Å². The van der Waals surface area contributed by atoms with Crippen LogP contribution in [0.4, 0.5) is 0 Å². The van der Waals surface area contributed by atoms with E-state index in [4.69, 9.17) is 0 Å². The van der Waals surface area contributed by atoms with E-state index in [1.807, 2.05) is 20.8 Å². The molecule has 0 amide bonds. The molecule has 0 bridgehead atoms. The maximum Gasteiger partial charge on any atom is 0.141 e. The highest BCUT2D eigenvalue weighted by Crippen LogP contribution is 2.39. The molecule has 2 nitrogen and oxygen atoms in total. The van der Waals surface area contributed by atoms with Gasteiger partial charge >= 0.3 is 0 Å². The molecule has 1 N–H and O–H groups in total. The van der Waals surface area contributed by atoms with Crippen molar-refractivity contribution in [3.63, 3.8) is 0 Å². The summed E-state index contributed by atoms with van der Waals surface area (Å²) in [7, 11) is 0. The van der Waals surface area contributed by atoms with Crippen LogP contribution < -0.4 is 0 Å². The maximum absolute atomic E-state index is 11.5. The fourth-order valence-corrected chi connectivity index (χ4v) is 2.09. The minimum Gasteiger partial charge on any atom is -0.392 e. The molecule has 1 fully saturated rings. The Labute approximate surface area is 74.0 Å². The van der Waals surface area contributed by atoms with Gasteiger partial charge in [-0.1, -0.05) is 20.8 Å². The van der Waals surface area contributed by atoms with E-state index in [-0.39, 0.29) is 11.7 Å². The van der Waals surface area contributed by atoms with Gasteiger partial charge in [0.05, 0.1) is 11.5 Å². The number of aliphatic hydroxyl groups excluding tert-OH is 1. The van der Waals surface area contributed by atoms with Crippen LogP contribution in [0.2, 0.25) is 0 Å². The van der Waals surface area contributed by atoms with E-state index in [1.54, 1.807) is 0 Å². The van der Waals surface area contributed by atoms with Gasteiger partial charge in [0.1, 0.15) is 5.78 Å². The van der Waals surface area contributed by atoms with E-state index < -0.39 is 11.5 Å². The molecule has 0 aromatic carbocycles. The molecule has 2 atom stereocenters. The summed E-state index contributed by atoms with van der Waals surface area (Å²) in [5.41, 5.74) is -0.450. The Morgan fingerprint density at radius 1 is 1.50 bits per heavy atom. The van der Waals surface area contributed by atoms with Gasteiger partial charge in [-0.25, -0.2) is 0 Å². The second-order valence-electron chi connectivity index (χ2n) is 4.38. The first-order valence-electron chi connectivity index (χ1n) is 4.70. The monoisotopic (exact) mass is 170 g/mol. The van der Waals surface area contributed by atoms with Gasteiger partial charge in [-0.3, -0.25) is 4.79 Å². The number of hydrogen-bond donors (Lipinski definition) is 1. The van der Waals surface area contributed by atoms with E-state index in [0.29, 0.717) is 6.42 Å². The maximum atomic E-state index is 11.5. The summed E-state index contributed by atoms with van der Waals surface area (Å²) in [6.07, 6.45) is 1.98. The number of Topliss-reactive ketones (excluding diaryl/α,β-unsaturated/α-hetero) is 1. The summed E-state index contributed by atoms with van der Waals surface area (Å²) < 4.78 is 0. The Morgan fingerprint density at radius 2 is 2.08 bits per heavy atom. The van der Waals surface area contributed by atoms with Crippen LogP contribution in [0.1, 0.15) is 40.0 Å². The van der Waals surface area contributed by atoms with Crippen LogP contribution in [0.5, 0.6) is 0 Å². The molecule has 1 aliphatic rings. The van der Waals surface area contributed by atoms with Crippen molar-refractivity contribution in [3.8, 4) is 0 Å². The normalized spacial score (nSPS) is 32.9. The molecule has 0 aliphatic heterocycles. The molecule has 2 heteroatoms. The highest BCUT2D eigenvalue weighted by molar-refractivity contribution is 5.87. The molecule has 1 rings (SSSR count). The molecule has 0 heterocycles. The highest BCUT2D eigenvalue weighted by atomic mass is 16.3. The summed E-state index contributed by atoms with van der Waals surface area (Å²) in [6, 6.07) is 0. The fraction of sp³-hybridized carbons (Fsp3) is 0.900. The van der Waals surface area contributed by atoms with Crippen molar-refractivity contribution < 1.29 is 9.90 Å². The van der Waals surface area contributed by atoms with Gasteiger partial charge in [0.2, 0.25) is 0 Å². The van der Waals surface area contributed by atoms with Gasteiger partial charge < -0.3 is 5.11 Å². The average molecular weight is 170 g/mol. The highest BCUT2D eigenvalue weighted by Gasteiger charge is 2.44. The van der Waals surface area contributed by atoms with Crippen molar-refractivity contribution >= 4 is 5.78 Å². The lowest BCUT2D eigenvalue weighted by molar-refractivity contribution is -0.132. The van der Waals surface area contributed by atoms with Gasteiger partial charge in [-0.2, -0.15) is 0 Å². The lowest BCUT2D eigenvalue weighted by Gasteiger charge is -2.31. The summed E-state index contributed by atoms with van der Waals surface area (Å²) in [6.45, 7) is 5.82. The third-order valence-electron chi connectivity index (χ3n) is 3.02. The Morgan fingerprint density at radius 3 is 2.42 bits per heavy atom. The lowest BCUT2D eigenvalue weighted by Crippen LogP contribution is -2.39. The third-order valence-corrected chi connectivity index (χ3v) is 3.02. The predicted molar refractivity (Wildman–Crippen MR) is 47.8 cm³/mol. The molecule has 0 saturated heterocycles. The van der Waals surface area contributed by atoms with Crippen LogP contribution in [-0.4, -0.2) is 17.0 Å². The molecule has 1 saturated carbocycles. The van der Waals surface area contributed by atoms with Crippen LogP contribution in [-0.2, 0) is 4.79 Å². The number of carbonyl (C=O) groups is 1. The zero-order chi connectivity index (χ0) is 9.35. The van der Waals surface area contributed by atoms with E-state index in [9.17, 15) is 9.90 Å². The van der Waals surface area contributed by atoms with E-state index in [0.717, 1.165) is 12.8 Å². The predicted octanol–water partition coefficient (Wildman–Crippen LogP) is 1.76. The summed E-state index contributed by atoms with van der Waals surface area (Å²) in [4.78, 5) is 11.5. The van der Waals surface area contributed by atoms with Crippen molar-refractivity contribution in [1.82, 2.24) is 0 Å². The number of aliphatic hydroxyl groups is 1. The summed E-state index contributed by atoms with van der Waals surface area (Å²) >= 11 is 0. The topological polar surface area (TPSA) is 37.3 Å². The zero-order valence-corrected chi connectivity index (χ0v) is 8.13. The van der Waals surface area contributed by atoms with Crippen LogP contribution in [0.25, 0.3) is 0 Å². The molecule has 0 aromatic rings. The smallest absolute Gasteiger partial charge is 0.141 e. The second kappa shape index (κ2) is 3.17. The molecule has 12 heavy (non-hydrogen) atoms. The first kappa shape index (κ1) is 9.72. The van der Waals surface area contributed by atoms with Gasteiger partial charge in [0, 0.05) is 6.42 Å². The fourth-order valence-electron chi connectivity index (χ4n) is 2.09. The van der Waals surface area contributed by atoms with E-state index in [1.165, 1.54) is 0 Å². The van der Waals surface area contributed by atoms with Crippen LogP contribution in [0, 0.1) is 11.3 Å². The molecule has 70 valence electrons. The van der Waals surface area contributed by atoms with E-state index in [2.05, 4.69) is 0 Å². The van der Waals surface area contributed by atoms with Crippen molar-refractivity contribution in [1.29, 1.82) is 0 Å². The van der Waals surface area contributed by atoms with Gasteiger partial charge in [-0.05, 0) is 18.8 Å². The van der Waals surface area contributed by atoms with Gasteiger partial charge in [0.25, 0.3) is 0 Å². The number of hydrogen-bond acceptors (Lipinski definition) is 2. The lowest BCUT2D eigenvalue weighted by atomic mass is 9.77. The van der Waals surface area contributed by atoms with E-state index >= 15 is 0 Å². The minimum absolute atomic E-state index is 0.178. The summed E-state index contributed by atoms with van der Waals surface area (Å²) in [5, 5.41) is 9.84. The molecule has 0 spiro atoms.